The number of primary amides is 1. The van der Waals surface area contributed by atoms with Gasteiger partial charge in [-0.25, -0.2) is 4.79 Å². The quantitative estimate of drug-likeness (QED) is 0.548. The molecule has 1 heterocycles. The van der Waals surface area contributed by atoms with Gasteiger partial charge in [0, 0.05) is 24.2 Å². The van der Waals surface area contributed by atoms with E-state index in [2.05, 4.69) is 0 Å². The lowest BCUT2D eigenvalue weighted by Gasteiger charge is -2.38. The second kappa shape index (κ2) is 10.2. The first-order valence-corrected chi connectivity index (χ1v) is 10.6. The molecule has 2 N–H and O–H groups in total. The van der Waals surface area contributed by atoms with Crippen molar-refractivity contribution in [2.45, 2.75) is 85.9 Å². The Balaban J connectivity index is 3.34. The van der Waals surface area contributed by atoms with Gasteiger partial charge in [-0.05, 0) is 39.0 Å². The van der Waals surface area contributed by atoms with E-state index in [0.29, 0.717) is 19.3 Å². The number of amides is 1. The van der Waals surface area contributed by atoms with Gasteiger partial charge in [-0.3, -0.25) is 14.4 Å². The lowest BCUT2D eigenvalue weighted by molar-refractivity contribution is -0.172. The molecule has 1 saturated heterocycles. The third kappa shape index (κ3) is 6.54. The molecule has 7 heteroatoms. The van der Waals surface area contributed by atoms with E-state index in [0.717, 1.165) is 0 Å². The largest absolute Gasteiger partial charge is 0.458 e. The number of hydrogen-bond donors (Lipinski definition) is 1. The number of esters is 1. The minimum atomic E-state index is -1.27. The zero-order chi connectivity index (χ0) is 22.5. The second-order valence-electron chi connectivity index (χ2n) is 9.08. The monoisotopic (exact) mass is 411 g/mol. The molecule has 166 valence electrons. The Kier molecular flexibility index (Phi) is 8.84. The van der Waals surface area contributed by atoms with Crippen molar-refractivity contribution in [3.05, 3.63) is 0 Å². The van der Waals surface area contributed by atoms with E-state index >= 15 is 0 Å². The van der Waals surface area contributed by atoms with Crippen LogP contribution in [0.5, 0.6) is 0 Å². The van der Waals surface area contributed by atoms with Crippen LogP contribution in [0, 0.1) is 29.6 Å². The molecule has 1 rings (SSSR count). The van der Waals surface area contributed by atoms with E-state index in [1.165, 1.54) is 0 Å². The molecule has 0 bridgehead atoms. The van der Waals surface area contributed by atoms with Crippen LogP contribution < -0.4 is 5.73 Å². The van der Waals surface area contributed by atoms with Gasteiger partial charge in [0.15, 0.2) is 0 Å². The summed E-state index contributed by atoms with van der Waals surface area (Å²) < 4.78 is 11.0. The van der Waals surface area contributed by atoms with Gasteiger partial charge >= 0.3 is 12.1 Å². The fraction of sp³-hybridized carbons (Fsp3) is 0.818. The molecule has 1 aliphatic heterocycles. The second-order valence-corrected chi connectivity index (χ2v) is 9.08. The average molecular weight is 412 g/mol. The van der Waals surface area contributed by atoms with Crippen molar-refractivity contribution in [2.75, 3.05) is 0 Å². The molecule has 1 amide bonds. The van der Waals surface area contributed by atoms with E-state index in [-0.39, 0.29) is 35.7 Å². The summed E-state index contributed by atoms with van der Waals surface area (Å²) in [6.45, 7) is 12.5. The van der Waals surface area contributed by atoms with Crippen LogP contribution in [0.15, 0.2) is 0 Å². The molecule has 0 radical (unpaired) electrons. The van der Waals surface area contributed by atoms with Crippen LogP contribution in [0.25, 0.3) is 0 Å². The van der Waals surface area contributed by atoms with Crippen LogP contribution >= 0.6 is 0 Å². The summed E-state index contributed by atoms with van der Waals surface area (Å²) in [5.74, 6) is -2.45. The molecular formula is C22H37NO6. The number of ether oxygens (including phenoxy) is 2. The van der Waals surface area contributed by atoms with Crippen LogP contribution in [0.3, 0.4) is 0 Å². The Labute approximate surface area is 174 Å². The van der Waals surface area contributed by atoms with Gasteiger partial charge in [0.1, 0.15) is 29.2 Å². The molecule has 7 atom stereocenters. The van der Waals surface area contributed by atoms with Gasteiger partial charge in [-0.2, -0.15) is 0 Å². The lowest BCUT2D eigenvalue weighted by atomic mass is 9.78. The van der Waals surface area contributed by atoms with Gasteiger partial charge in [-0.15, -0.1) is 0 Å². The van der Waals surface area contributed by atoms with E-state index in [4.69, 9.17) is 15.2 Å². The molecule has 0 aromatic heterocycles. The molecule has 0 aliphatic carbocycles. The topological polar surface area (TPSA) is 113 Å². The number of carbonyl (C=O) groups is 4. The highest BCUT2D eigenvalue weighted by molar-refractivity contribution is 5.99. The SMILES string of the molecule is CCC1OC(=O)C(C)C(=O)C(C)CC(C)C[C@@H](C)C(=O)[C@H](C)C[C@]1(C)OC(N)=O. The summed E-state index contributed by atoms with van der Waals surface area (Å²) in [5.41, 5.74) is 4.01. The first-order valence-electron chi connectivity index (χ1n) is 10.6. The molecule has 0 aromatic rings. The lowest BCUT2D eigenvalue weighted by Crippen LogP contribution is -2.50. The molecule has 29 heavy (non-hydrogen) atoms. The molecule has 1 fully saturated rings. The minimum Gasteiger partial charge on any atom is -0.458 e. The standard InChI is InChI=1S/C22H37NO6/c1-8-17-22(7,29-21(23)27)11-15(5)18(24)13(3)9-12(2)10-14(4)19(25)16(6)20(26)28-17/h12-17H,8-11H2,1-7H3,(H2,23,27)/t12?,13-,14?,15-,16?,17?,22+/m1/s1. The van der Waals surface area contributed by atoms with Gasteiger partial charge in [-0.1, -0.05) is 34.6 Å². The fourth-order valence-electron chi connectivity index (χ4n) is 4.62. The first-order chi connectivity index (χ1) is 13.3. The molecule has 4 unspecified atom stereocenters. The van der Waals surface area contributed by atoms with Gasteiger partial charge < -0.3 is 15.2 Å². The number of rotatable bonds is 2. The normalized spacial score (nSPS) is 38.1. The molecule has 0 aromatic carbocycles. The van der Waals surface area contributed by atoms with Crippen LogP contribution in [0.4, 0.5) is 4.79 Å². The zero-order valence-corrected chi connectivity index (χ0v) is 18.8. The maximum Gasteiger partial charge on any atom is 0.405 e. The summed E-state index contributed by atoms with van der Waals surface area (Å²) in [5, 5.41) is 0. The molecular weight excluding hydrogens is 374 g/mol. The summed E-state index contributed by atoms with van der Waals surface area (Å²) >= 11 is 0. The number of carbonyl (C=O) groups excluding carboxylic acids is 4. The van der Waals surface area contributed by atoms with Crippen molar-refractivity contribution in [3.8, 4) is 0 Å². The van der Waals surface area contributed by atoms with E-state index in [9.17, 15) is 19.2 Å². The van der Waals surface area contributed by atoms with Crippen molar-refractivity contribution in [1.29, 1.82) is 0 Å². The summed E-state index contributed by atoms with van der Waals surface area (Å²) in [7, 11) is 0. The van der Waals surface area contributed by atoms with Crippen molar-refractivity contribution >= 4 is 23.6 Å². The van der Waals surface area contributed by atoms with Crippen molar-refractivity contribution in [2.24, 2.45) is 35.3 Å². The Bertz CT molecular complexity index is 633. The molecule has 0 spiro atoms. The van der Waals surface area contributed by atoms with Crippen molar-refractivity contribution in [3.63, 3.8) is 0 Å². The summed E-state index contributed by atoms with van der Waals surface area (Å²) in [6, 6.07) is 0. The number of ketones is 2. The maximum absolute atomic E-state index is 12.9. The van der Waals surface area contributed by atoms with Crippen molar-refractivity contribution in [1.82, 2.24) is 0 Å². The molecule has 1 aliphatic rings. The zero-order valence-electron chi connectivity index (χ0n) is 18.8. The third-order valence-electron chi connectivity index (χ3n) is 6.10. The third-order valence-corrected chi connectivity index (χ3v) is 6.10. The van der Waals surface area contributed by atoms with E-state index < -0.39 is 35.6 Å². The Hall–Kier alpha value is -1.92. The molecule has 7 nitrogen and oxygen atoms in total. The van der Waals surface area contributed by atoms with Crippen LogP contribution in [-0.4, -0.2) is 35.3 Å². The van der Waals surface area contributed by atoms with Crippen LogP contribution in [0.1, 0.15) is 74.1 Å². The molecule has 0 saturated carbocycles. The Morgan fingerprint density at radius 2 is 1.55 bits per heavy atom. The highest BCUT2D eigenvalue weighted by Gasteiger charge is 2.44. The highest BCUT2D eigenvalue weighted by Crippen LogP contribution is 2.33. The van der Waals surface area contributed by atoms with Crippen molar-refractivity contribution < 1.29 is 28.7 Å². The van der Waals surface area contributed by atoms with Gasteiger partial charge in [0.25, 0.3) is 0 Å². The van der Waals surface area contributed by atoms with Crippen LogP contribution in [0.2, 0.25) is 0 Å². The smallest absolute Gasteiger partial charge is 0.405 e. The number of cyclic esters (lactones) is 1. The Morgan fingerprint density at radius 3 is 2.03 bits per heavy atom. The highest BCUT2D eigenvalue weighted by atomic mass is 16.6. The maximum atomic E-state index is 12.9. The number of Topliss-reactive ketones (excluding diaryl/α,β-unsaturated/α-hetero) is 2. The van der Waals surface area contributed by atoms with E-state index in [1.807, 2.05) is 13.8 Å². The predicted molar refractivity (Wildman–Crippen MR) is 109 cm³/mol. The van der Waals surface area contributed by atoms with Gasteiger partial charge in [0.05, 0.1) is 0 Å². The number of nitrogens with two attached hydrogens (primary N) is 1. The van der Waals surface area contributed by atoms with E-state index in [1.54, 1.807) is 34.6 Å². The first kappa shape index (κ1) is 25.1. The summed E-state index contributed by atoms with van der Waals surface area (Å²) in [6.07, 6.45) is -0.0215. The van der Waals surface area contributed by atoms with Crippen LogP contribution in [-0.2, 0) is 23.9 Å². The van der Waals surface area contributed by atoms with Gasteiger partial charge in [0.2, 0.25) is 0 Å². The Morgan fingerprint density at radius 1 is 1.03 bits per heavy atom. The number of hydrogen-bond acceptors (Lipinski definition) is 6. The summed E-state index contributed by atoms with van der Waals surface area (Å²) in [4.78, 5) is 49.9. The predicted octanol–water partition coefficient (Wildman–Crippen LogP) is 3.66. The average Bonchev–Trinajstić information content (AvgIpc) is 2.61. The minimum absolute atomic E-state index is 0.0572. The fourth-order valence-corrected chi connectivity index (χ4v) is 4.62.